The van der Waals surface area contributed by atoms with Crippen LogP contribution in [0.15, 0.2) is 30.3 Å². The molecule has 1 aromatic carbocycles. The third kappa shape index (κ3) is 3.37. The molecule has 3 rings (SSSR count). The molecule has 2 atom stereocenters. The first-order valence-electron chi connectivity index (χ1n) is 7.83. The molecule has 1 aliphatic carbocycles. The summed E-state index contributed by atoms with van der Waals surface area (Å²) in [4.78, 5) is 2.68. The number of ether oxygens (including phenoxy) is 1. The smallest absolute Gasteiger partial charge is 0.0734 e. The van der Waals surface area contributed by atoms with E-state index in [0.717, 1.165) is 6.61 Å². The van der Waals surface area contributed by atoms with Crippen molar-refractivity contribution in [2.75, 3.05) is 13.1 Å². The van der Waals surface area contributed by atoms with E-state index in [-0.39, 0.29) is 0 Å². The summed E-state index contributed by atoms with van der Waals surface area (Å²) in [6, 6.07) is 11.3. The molecule has 2 aliphatic rings. The Morgan fingerprint density at radius 2 is 1.68 bits per heavy atom. The fourth-order valence-corrected chi connectivity index (χ4v) is 3.54. The van der Waals surface area contributed by atoms with E-state index in [1.165, 1.54) is 57.2 Å². The van der Waals surface area contributed by atoms with Crippen LogP contribution < -0.4 is 0 Å². The van der Waals surface area contributed by atoms with Crippen molar-refractivity contribution in [3.8, 4) is 0 Å². The van der Waals surface area contributed by atoms with Gasteiger partial charge in [-0.1, -0.05) is 43.2 Å². The molecule has 0 N–H and O–H groups in total. The van der Waals surface area contributed by atoms with Crippen molar-refractivity contribution >= 4 is 0 Å². The van der Waals surface area contributed by atoms with Crippen LogP contribution in [-0.4, -0.2) is 30.1 Å². The summed E-state index contributed by atoms with van der Waals surface area (Å²) in [5.41, 5.74) is 1.30. The molecule has 2 heteroatoms. The quantitative estimate of drug-likeness (QED) is 0.819. The molecular formula is C17H25NO. The first-order valence-corrected chi connectivity index (χ1v) is 7.83. The van der Waals surface area contributed by atoms with Gasteiger partial charge in [-0.25, -0.2) is 0 Å². The van der Waals surface area contributed by atoms with Crippen molar-refractivity contribution in [3.05, 3.63) is 35.9 Å². The lowest BCUT2D eigenvalue weighted by Gasteiger charge is -2.37. The predicted octanol–water partition coefficient (Wildman–Crippen LogP) is 3.61. The van der Waals surface area contributed by atoms with Gasteiger partial charge >= 0.3 is 0 Å². The number of hydrogen-bond donors (Lipinski definition) is 0. The zero-order valence-corrected chi connectivity index (χ0v) is 11.8. The second kappa shape index (κ2) is 6.53. The topological polar surface area (TPSA) is 12.5 Å². The van der Waals surface area contributed by atoms with Gasteiger partial charge in [-0.05, 0) is 44.3 Å². The van der Waals surface area contributed by atoms with Gasteiger partial charge in [-0.15, -0.1) is 0 Å². The van der Waals surface area contributed by atoms with Crippen molar-refractivity contribution in [2.24, 2.45) is 0 Å². The van der Waals surface area contributed by atoms with Gasteiger partial charge in [0.25, 0.3) is 0 Å². The van der Waals surface area contributed by atoms with Crippen LogP contribution in [0.25, 0.3) is 0 Å². The molecule has 0 aromatic heterocycles. The van der Waals surface area contributed by atoms with Gasteiger partial charge < -0.3 is 4.74 Å². The van der Waals surface area contributed by atoms with E-state index < -0.39 is 0 Å². The molecule has 2 fully saturated rings. The minimum Gasteiger partial charge on any atom is -0.372 e. The zero-order valence-electron chi connectivity index (χ0n) is 11.8. The van der Waals surface area contributed by atoms with Gasteiger partial charge in [0.15, 0.2) is 0 Å². The first kappa shape index (κ1) is 13.1. The molecule has 2 unspecified atom stereocenters. The maximum Gasteiger partial charge on any atom is 0.0734 e. The molecule has 19 heavy (non-hydrogen) atoms. The lowest BCUT2D eigenvalue weighted by Crippen LogP contribution is -2.45. The molecule has 1 aromatic rings. The Balaban J connectivity index is 1.57. The predicted molar refractivity (Wildman–Crippen MR) is 78.1 cm³/mol. The Morgan fingerprint density at radius 1 is 0.947 bits per heavy atom. The molecule has 0 radical (unpaired) electrons. The molecule has 1 saturated carbocycles. The standard InChI is InChI=1S/C17H25NO/c1-2-8-15(9-3-1)14-19-17-11-5-4-10-16(17)18-12-6-7-13-18/h1-3,8-9,16-17H,4-7,10-14H2. The van der Waals surface area contributed by atoms with Crippen LogP contribution in [0.1, 0.15) is 44.1 Å². The van der Waals surface area contributed by atoms with E-state index >= 15 is 0 Å². The van der Waals surface area contributed by atoms with Crippen molar-refractivity contribution in [1.82, 2.24) is 4.90 Å². The summed E-state index contributed by atoms with van der Waals surface area (Å²) in [5, 5.41) is 0. The number of likely N-dealkylation sites (tertiary alicyclic amines) is 1. The third-order valence-electron chi connectivity index (χ3n) is 4.58. The Morgan fingerprint density at radius 3 is 2.47 bits per heavy atom. The average molecular weight is 259 g/mol. The van der Waals surface area contributed by atoms with Crippen molar-refractivity contribution in [2.45, 2.75) is 57.3 Å². The van der Waals surface area contributed by atoms with E-state index in [1.54, 1.807) is 0 Å². The van der Waals surface area contributed by atoms with Gasteiger partial charge in [0, 0.05) is 6.04 Å². The van der Waals surface area contributed by atoms with Crippen LogP contribution in [0.4, 0.5) is 0 Å². The van der Waals surface area contributed by atoms with Crippen LogP contribution in [-0.2, 0) is 11.3 Å². The monoisotopic (exact) mass is 259 g/mol. The molecule has 0 amide bonds. The van der Waals surface area contributed by atoms with Gasteiger partial charge in [-0.2, -0.15) is 0 Å². The van der Waals surface area contributed by atoms with E-state index in [0.29, 0.717) is 12.1 Å². The van der Waals surface area contributed by atoms with Crippen molar-refractivity contribution in [3.63, 3.8) is 0 Å². The molecule has 1 aliphatic heterocycles. The largest absolute Gasteiger partial charge is 0.372 e. The van der Waals surface area contributed by atoms with E-state index in [2.05, 4.69) is 35.2 Å². The number of benzene rings is 1. The van der Waals surface area contributed by atoms with Gasteiger partial charge in [0.1, 0.15) is 0 Å². The van der Waals surface area contributed by atoms with E-state index in [9.17, 15) is 0 Å². The fourth-order valence-electron chi connectivity index (χ4n) is 3.54. The molecular weight excluding hydrogens is 234 g/mol. The lowest BCUT2D eigenvalue weighted by molar-refractivity contribution is -0.0389. The maximum atomic E-state index is 6.25. The van der Waals surface area contributed by atoms with Gasteiger partial charge in [-0.3, -0.25) is 4.90 Å². The maximum absolute atomic E-state index is 6.25. The summed E-state index contributed by atoms with van der Waals surface area (Å²) in [7, 11) is 0. The first-order chi connectivity index (χ1) is 9.43. The summed E-state index contributed by atoms with van der Waals surface area (Å²) < 4.78 is 6.25. The number of rotatable bonds is 4. The molecule has 1 saturated heterocycles. The highest BCUT2D eigenvalue weighted by molar-refractivity contribution is 5.13. The van der Waals surface area contributed by atoms with Crippen LogP contribution in [0.5, 0.6) is 0 Å². The highest BCUT2D eigenvalue weighted by Crippen LogP contribution is 2.28. The summed E-state index contributed by atoms with van der Waals surface area (Å²) in [6.45, 7) is 3.35. The second-order valence-electron chi connectivity index (χ2n) is 5.93. The van der Waals surface area contributed by atoms with Crippen molar-refractivity contribution in [1.29, 1.82) is 0 Å². The highest BCUT2D eigenvalue weighted by atomic mass is 16.5. The number of hydrogen-bond acceptors (Lipinski definition) is 2. The Labute approximate surface area is 116 Å². The Kier molecular flexibility index (Phi) is 4.52. The van der Waals surface area contributed by atoms with Gasteiger partial charge in [0.2, 0.25) is 0 Å². The highest BCUT2D eigenvalue weighted by Gasteiger charge is 2.32. The SMILES string of the molecule is c1ccc(COC2CCCCC2N2CCCC2)cc1. The molecule has 1 heterocycles. The number of nitrogens with zero attached hydrogens (tertiary/aromatic N) is 1. The third-order valence-corrected chi connectivity index (χ3v) is 4.58. The zero-order chi connectivity index (χ0) is 12.9. The normalized spacial score (nSPS) is 28.6. The fraction of sp³-hybridized carbons (Fsp3) is 0.647. The molecule has 0 bridgehead atoms. The van der Waals surface area contributed by atoms with Crippen LogP contribution in [0.2, 0.25) is 0 Å². The summed E-state index contributed by atoms with van der Waals surface area (Å²) >= 11 is 0. The minimum atomic E-state index is 0.451. The Bertz CT molecular complexity index is 372. The molecule has 104 valence electrons. The van der Waals surface area contributed by atoms with Crippen LogP contribution >= 0.6 is 0 Å². The summed E-state index contributed by atoms with van der Waals surface area (Å²) in [6.07, 6.45) is 8.50. The van der Waals surface area contributed by atoms with Crippen molar-refractivity contribution < 1.29 is 4.74 Å². The van der Waals surface area contributed by atoms with Gasteiger partial charge in [0.05, 0.1) is 12.7 Å². The lowest BCUT2D eigenvalue weighted by atomic mass is 9.91. The minimum absolute atomic E-state index is 0.451. The van der Waals surface area contributed by atoms with Crippen LogP contribution in [0, 0.1) is 0 Å². The molecule has 2 nitrogen and oxygen atoms in total. The summed E-state index contributed by atoms with van der Waals surface area (Å²) in [5.74, 6) is 0. The van der Waals surface area contributed by atoms with E-state index in [4.69, 9.17) is 4.74 Å². The van der Waals surface area contributed by atoms with Crippen LogP contribution in [0.3, 0.4) is 0 Å². The Hall–Kier alpha value is -0.860. The van der Waals surface area contributed by atoms with E-state index in [1.807, 2.05) is 0 Å². The average Bonchev–Trinajstić information content (AvgIpc) is 3.01. The molecule has 0 spiro atoms. The second-order valence-corrected chi connectivity index (χ2v) is 5.93.